The molecule has 7 heteroatoms. The van der Waals surface area contributed by atoms with Crippen molar-refractivity contribution in [2.45, 2.75) is 38.5 Å². The van der Waals surface area contributed by atoms with Crippen LogP contribution in [0.15, 0.2) is 16.7 Å². The number of carbonyl (C=O) groups excluding carboxylic acids is 1. The van der Waals surface area contributed by atoms with Gasteiger partial charge in [0.1, 0.15) is 0 Å². The number of carboxylic acid groups (broad SMARTS) is 1. The number of likely N-dealkylation sites (tertiary alicyclic amines) is 1. The number of rotatable bonds is 3. The van der Waals surface area contributed by atoms with Crippen LogP contribution >= 0.6 is 0 Å². The van der Waals surface area contributed by atoms with Crippen LogP contribution in [0.1, 0.15) is 43.3 Å². The van der Waals surface area contributed by atoms with Crippen LogP contribution in [0.25, 0.3) is 0 Å². The Morgan fingerprint density at radius 2 is 1.87 bits per heavy atom. The van der Waals surface area contributed by atoms with E-state index in [2.05, 4.69) is 10.1 Å². The molecule has 2 aliphatic rings. The normalized spacial score (nSPS) is 25.5. The van der Waals surface area contributed by atoms with Gasteiger partial charge in [-0.3, -0.25) is 9.59 Å². The highest BCUT2D eigenvalue weighted by molar-refractivity contribution is 5.85. The SMILES string of the molecule is Cc1noc(C2CCN(C(=O)C3CC=CCC3C(=O)O)CC2)n1. The molecule has 23 heavy (non-hydrogen) atoms. The van der Waals surface area contributed by atoms with E-state index in [9.17, 15) is 14.7 Å². The van der Waals surface area contributed by atoms with E-state index in [1.807, 2.05) is 12.2 Å². The number of aryl methyl sites for hydroxylation is 1. The quantitative estimate of drug-likeness (QED) is 0.853. The summed E-state index contributed by atoms with van der Waals surface area (Å²) in [6.45, 7) is 3.00. The fourth-order valence-electron chi connectivity index (χ4n) is 3.42. The summed E-state index contributed by atoms with van der Waals surface area (Å²) in [5.74, 6) is -0.536. The second kappa shape index (κ2) is 6.52. The third kappa shape index (κ3) is 3.28. The molecule has 1 N–H and O–H groups in total. The van der Waals surface area contributed by atoms with Crippen molar-refractivity contribution in [2.75, 3.05) is 13.1 Å². The number of piperidine rings is 1. The van der Waals surface area contributed by atoms with Gasteiger partial charge in [0.25, 0.3) is 0 Å². The van der Waals surface area contributed by atoms with Gasteiger partial charge in [-0.2, -0.15) is 4.98 Å². The first-order valence-electron chi connectivity index (χ1n) is 8.03. The fourth-order valence-corrected chi connectivity index (χ4v) is 3.42. The first kappa shape index (κ1) is 15.7. The second-order valence-electron chi connectivity index (χ2n) is 6.27. The van der Waals surface area contributed by atoms with Gasteiger partial charge in [0.15, 0.2) is 5.82 Å². The van der Waals surface area contributed by atoms with Crippen molar-refractivity contribution in [1.29, 1.82) is 0 Å². The fraction of sp³-hybridized carbons (Fsp3) is 0.625. The molecule has 2 heterocycles. The highest BCUT2D eigenvalue weighted by Crippen LogP contribution is 2.31. The number of carbonyl (C=O) groups is 2. The predicted molar refractivity (Wildman–Crippen MR) is 80.6 cm³/mol. The van der Waals surface area contributed by atoms with Crippen molar-refractivity contribution >= 4 is 11.9 Å². The van der Waals surface area contributed by atoms with Crippen molar-refractivity contribution in [3.8, 4) is 0 Å². The highest BCUT2D eigenvalue weighted by atomic mass is 16.5. The molecule has 1 saturated heterocycles. The second-order valence-corrected chi connectivity index (χ2v) is 6.27. The van der Waals surface area contributed by atoms with E-state index in [1.54, 1.807) is 11.8 Å². The van der Waals surface area contributed by atoms with Gasteiger partial charge in [-0.25, -0.2) is 0 Å². The van der Waals surface area contributed by atoms with Gasteiger partial charge in [0.05, 0.1) is 11.8 Å². The maximum absolute atomic E-state index is 12.7. The number of aliphatic carboxylic acids is 1. The Morgan fingerprint density at radius 1 is 1.22 bits per heavy atom. The van der Waals surface area contributed by atoms with E-state index in [4.69, 9.17) is 4.52 Å². The Labute approximate surface area is 134 Å². The maximum atomic E-state index is 12.7. The van der Waals surface area contributed by atoms with Crippen LogP contribution in [-0.4, -0.2) is 45.1 Å². The lowest BCUT2D eigenvalue weighted by Crippen LogP contribution is -2.45. The van der Waals surface area contributed by atoms with Gasteiger partial charge < -0.3 is 14.5 Å². The Balaban J connectivity index is 1.61. The Hall–Kier alpha value is -2.18. The van der Waals surface area contributed by atoms with Crippen LogP contribution in [0, 0.1) is 18.8 Å². The molecule has 124 valence electrons. The smallest absolute Gasteiger partial charge is 0.307 e. The third-order valence-corrected chi connectivity index (χ3v) is 4.77. The molecule has 0 saturated carbocycles. The molecule has 1 amide bonds. The number of amides is 1. The topological polar surface area (TPSA) is 96.5 Å². The van der Waals surface area contributed by atoms with Crippen LogP contribution in [0.4, 0.5) is 0 Å². The molecule has 3 rings (SSSR count). The molecule has 0 spiro atoms. The molecule has 2 atom stereocenters. The van der Waals surface area contributed by atoms with Gasteiger partial charge in [-0.15, -0.1) is 0 Å². The maximum Gasteiger partial charge on any atom is 0.307 e. The third-order valence-electron chi connectivity index (χ3n) is 4.77. The minimum Gasteiger partial charge on any atom is -0.481 e. The zero-order chi connectivity index (χ0) is 16.4. The Kier molecular flexibility index (Phi) is 4.45. The van der Waals surface area contributed by atoms with Crippen LogP contribution < -0.4 is 0 Å². The molecule has 1 aliphatic heterocycles. The first-order chi connectivity index (χ1) is 11.1. The minimum absolute atomic E-state index is 0.0399. The van der Waals surface area contributed by atoms with Gasteiger partial charge in [0.2, 0.25) is 11.8 Å². The molecule has 1 fully saturated rings. The van der Waals surface area contributed by atoms with Gasteiger partial charge >= 0.3 is 5.97 Å². The average Bonchev–Trinajstić information content (AvgIpc) is 3.01. The van der Waals surface area contributed by atoms with Crippen LogP contribution in [0.3, 0.4) is 0 Å². The van der Waals surface area contributed by atoms with Crippen molar-refractivity contribution in [2.24, 2.45) is 11.8 Å². The number of hydrogen-bond donors (Lipinski definition) is 1. The summed E-state index contributed by atoms with van der Waals surface area (Å²) in [7, 11) is 0. The molecule has 0 radical (unpaired) electrons. The van der Waals surface area contributed by atoms with Crippen LogP contribution in [0.2, 0.25) is 0 Å². The molecule has 0 bridgehead atoms. The van der Waals surface area contributed by atoms with Gasteiger partial charge in [-0.05, 0) is 32.6 Å². The molecule has 1 aromatic heterocycles. The zero-order valence-electron chi connectivity index (χ0n) is 13.1. The lowest BCUT2D eigenvalue weighted by molar-refractivity contribution is -0.151. The Morgan fingerprint density at radius 3 is 2.43 bits per heavy atom. The summed E-state index contributed by atoms with van der Waals surface area (Å²) < 4.78 is 5.21. The van der Waals surface area contributed by atoms with E-state index in [-0.39, 0.29) is 11.8 Å². The summed E-state index contributed by atoms with van der Waals surface area (Å²) in [4.78, 5) is 30.1. The summed E-state index contributed by atoms with van der Waals surface area (Å²) in [5.41, 5.74) is 0. The number of nitrogens with zero attached hydrogens (tertiary/aromatic N) is 3. The molecule has 0 aromatic carbocycles. The number of aromatic nitrogens is 2. The van der Waals surface area contributed by atoms with E-state index in [0.717, 1.165) is 12.8 Å². The van der Waals surface area contributed by atoms with Crippen LogP contribution in [-0.2, 0) is 9.59 Å². The van der Waals surface area contributed by atoms with Crippen molar-refractivity contribution in [3.05, 3.63) is 23.9 Å². The zero-order valence-corrected chi connectivity index (χ0v) is 13.1. The van der Waals surface area contributed by atoms with E-state index >= 15 is 0 Å². The highest BCUT2D eigenvalue weighted by Gasteiger charge is 2.37. The van der Waals surface area contributed by atoms with Crippen molar-refractivity contribution in [1.82, 2.24) is 15.0 Å². The predicted octanol–water partition coefficient (Wildman–Crippen LogP) is 1.75. The molecule has 1 aliphatic carbocycles. The number of carboxylic acids is 1. The molecular weight excluding hydrogens is 298 g/mol. The summed E-state index contributed by atoms with van der Waals surface area (Å²) in [6, 6.07) is 0. The van der Waals surface area contributed by atoms with E-state index < -0.39 is 17.8 Å². The lowest BCUT2D eigenvalue weighted by atomic mass is 9.81. The summed E-state index contributed by atoms with van der Waals surface area (Å²) in [5, 5.41) is 13.1. The van der Waals surface area contributed by atoms with E-state index in [1.165, 1.54) is 0 Å². The largest absolute Gasteiger partial charge is 0.481 e. The lowest BCUT2D eigenvalue weighted by Gasteiger charge is -2.35. The molecule has 1 aromatic rings. The van der Waals surface area contributed by atoms with Crippen molar-refractivity contribution in [3.63, 3.8) is 0 Å². The Bertz CT molecular complexity index is 617. The summed E-state index contributed by atoms with van der Waals surface area (Å²) >= 11 is 0. The van der Waals surface area contributed by atoms with Gasteiger partial charge in [0, 0.05) is 19.0 Å². The molecule has 2 unspecified atom stereocenters. The molecule has 7 nitrogen and oxygen atoms in total. The number of allylic oxidation sites excluding steroid dienone is 2. The van der Waals surface area contributed by atoms with Gasteiger partial charge in [-0.1, -0.05) is 17.3 Å². The standard InChI is InChI=1S/C16H21N3O4/c1-10-17-14(23-18-10)11-6-8-19(9-7-11)15(20)12-4-2-3-5-13(12)16(21)22/h2-3,11-13H,4-9H2,1H3,(H,21,22). The molecular formula is C16H21N3O4. The van der Waals surface area contributed by atoms with Crippen molar-refractivity contribution < 1.29 is 19.2 Å². The van der Waals surface area contributed by atoms with Crippen LogP contribution in [0.5, 0.6) is 0 Å². The summed E-state index contributed by atoms with van der Waals surface area (Å²) in [6.07, 6.45) is 6.26. The average molecular weight is 319 g/mol. The monoisotopic (exact) mass is 319 g/mol. The minimum atomic E-state index is -0.885. The van der Waals surface area contributed by atoms with E-state index in [0.29, 0.717) is 37.6 Å². The number of hydrogen-bond acceptors (Lipinski definition) is 5. The first-order valence-corrected chi connectivity index (χ1v) is 8.03.